The first kappa shape index (κ1) is 19.6. The van der Waals surface area contributed by atoms with Crippen molar-refractivity contribution >= 4 is 27.8 Å². The van der Waals surface area contributed by atoms with Gasteiger partial charge in [-0.25, -0.2) is 15.0 Å². The number of anilines is 1. The molecule has 2 aliphatic rings. The summed E-state index contributed by atoms with van der Waals surface area (Å²) in [4.78, 5) is 12.7. The molecule has 2 aromatic heterocycles. The van der Waals surface area contributed by atoms with E-state index < -0.39 is 30.6 Å². The maximum Gasteiger partial charge on any atom is 0.177 e. The Hall–Kier alpha value is -3.11. The molecular formula is C23H23N5O4. The number of nitrogens with zero attached hydrogens (tertiary/aromatic N) is 4. The van der Waals surface area contributed by atoms with Crippen molar-refractivity contribution in [1.29, 1.82) is 0 Å². The van der Waals surface area contributed by atoms with Crippen molar-refractivity contribution in [3.8, 4) is 0 Å². The summed E-state index contributed by atoms with van der Waals surface area (Å²) in [5.74, 6) is 0.237. The van der Waals surface area contributed by atoms with Crippen molar-refractivity contribution in [3.63, 3.8) is 0 Å². The molecule has 1 aliphatic carbocycles. The van der Waals surface area contributed by atoms with Crippen LogP contribution in [0.2, 0.25) is 0 Å². The van der Waals surface area contributed by atoms with Gasteiger partial charge in [0.1, 0.15) is 30.2 Å². The molecular weight excluding hydrogens is 410 g/mol. The number of fused-ring (bicyclic) bond motifs is 1. The van der Waals surface area contributed by atoms with E-state index >= 15 is 0 Å². The molecule has 0 amide bonds. The molecule has 3 heterocycles. The Kier molecular flexibility index (Phi) is 4.25. The second kappa shape index (κ2) is 6.94. The standard InChI is InChI=1S/C23H23N5O4/c24-21-18-22(26-10-25-21)28(11-27-18)23(20(31)19(30)16(9-29)32-23)8-14-7-13-5-1-3-12-4-2-6-15(14)17(12)13/h1-6,10-11,14,16,19-20,29-31H,7-9H2,(H2,24,25,26)/t14?,16-,19-,20-,23-/m1/s1. The minimum Gasteiger partial charge on any atom is -0.394 e. The monoisotopic (exact) mass is 433 g/mol. The number of imidazole rings is 1. The molecule has 4 aromatic rings. The molecule has 1 aliphatic heterocycles. The number of nitrogen functional groups attached to an aromatic ring is 1. The maximum absolute atomic E-state index is 11.3. The molecule has 0 radical (unpaired) electrons. The number of rotatable bonds is 4. The van der Waals surface area contributed by atoms with Gasteiger partial charge in [-0.15, -0.1) is 0 Å². The van der Waals surface area contributed by atoms with Gasteiger partial charge in [0, 0.05) is 6.42 Å². The summed E-state index contributed by atoms with van der Waals surface area (Å²) < 4.78 is 7.88. The zero-order valence-electron chi connectivity index (χ0n) is 17.2. The van der Waals surface area contributed by atoms with Crippen LogP contribution in [0.25, 0.3) is 21.9 Å². The van der Waals surface area contributed by atoms with Crippen LogP contribution in [0.4, 0.5) is 5.82 Å². The van der Waals surface area contributed by atoms with Crippen LogP contribution in [0.15, 0.2) is 49.1 Å². The minimum atomic E-state index is -1.39. The van der Waals surface area contributed by atoms with Crippen molar-refractivity contribution < 1.29 is 20.1 Å². The first-order valence-corrected chi connectivity index (χ1v) is 10.6. The molecule has 6 rings (SSSR count). The molecule has 32 heavy (non-hydrogen) atoms. The number of benzene rings is 2. The van der Waals surface area contributed by atoms with Crippen LogP contribution in [0.1, 0.15) is 23.5 Å². The first-order valence-electron chi connectivity index (χ1n) is 10.6. The quantitative estimate of drug-likeness (QED) is 0.375. The summed E-state index contributed by atoms with van der Waals surface area (Å²) in [6.07, 6.45) is 0.447. The average Bonchev–Trinajstić information content (AvgIpc) is 3.46. The SMILES string of the molecule is Nc1ncnc2c1ncn2[C@]1(CC2Cc3cccc4cccc2c34)O[C@H](CO)[C@@H](O)[C@H]1O. The van der Waals surface area contributed by atoms with Crippen LogP contribution in [0.3, 0.4) is 0 Å². The summed E-state index contributed by atoms with van der Waals surface area (Å²) in [6, 6.07) is 12.5. The molecule has 5 N–H and O–H groups in total. The largest absolute Gasteiger partial charge is 0.394 e. The Morgan fingerprint density at radius 3 is 2.72 bits per heavy atom. The first-order chi connectivity index (χ1) is 15.5. The molecule has 2 aromatic carbocycles. The predicted molar refractivity (Wildman–Crippen MR) is 117 cm³/mol. The van der Waals surface area contributed by atoms with Crippen molar-refractivity contribution in [2.24, 2.45) is 0 Å². The molecule has 1 unspecified atom stereocenters. The molecule has 5 atom stereocenters. The summed E-state index contributed by atoms with van der Waals surface area (Å²) in [5.41, 5.74) is 7.79. The van der Waals surface area contributed by atoms with Crippen molar-refractivity contribution in [3.05, 3.63) is 60.2 Å². The van der Waals surface area contributed by atoms with Gasteiger partial charge in [0.2, 0.25) is 0 Å². The van der Waals surface area contributed by atoms with Gasteiger partial charge < -0.3 is 25.8 Å². The molecule has 1 saturated heterocycles. The lowest BCUT2D eigenvalue weighted by atomic mass is 9.87. The second-order valence-electron chi connectivity index (χ2n) is 8.63. The van der Waals surface area contributed by atoms with Crippen molar-refractivity contribution in [1.82, 2.24) is 19.5 Å². The maximum atomic E-state index is 11.3. The predicted octanol–water partition coefficient (Wildman–Crippen LogP) is 1.06. The van der Waals surface area contributed by atoms with E-state index in [-0.39, 0.29) is 11.7 Å². The number of aliphatic hydroxyl groups is 3. The summed E-state index contributed by atoms with van der Waals surface area (Å²) in [7, 11) is 0. The van der Waals surface area contributed by atoms with Crippen LogP contribution >= 0.6 is 0 Å². The third-order valence-corrected chi connectivity index (χ3v) is 6.94. The topological polar surface area (TPSA) is 140 Å². The molecule has 164 valence electrons. The van der Waals surface area contributed by atoms with E-state index in [1.54, 1.807) is 4.57 Å². The zero-order valence-corrected chi connectivity index (χ0v) is 17.2. The van der Waals surface area contributed by atoms with E-state index in [0.29, 0.717) is 17.6 Å². The van der Waals surface area contributed by atoms with E-state index in [9.17, 15) is 15.3 Å². The summed E-state index contributed by atoms with van der Waals surface area (Å²) in [5, 5.41) is 34.2. The van der Waals surface area contributed by atoms with E-state index in [1.165, 1.54) is 34.6 Å². The smallest absolute Gasteiger partial charge is 0.177 e. The normalized spacial score (nSPS) is 29.3. The molecule has 0 saturated carbocycles. The Labute approximate surface area is 183 Å². The number of aliphatic hydroxyl groups excluding tert-OH is 3. The average molecular weight is 433 g/mol. The lowest BCUT2D eigenvalue weighted by molar-refractivity contribution is -0.153. The zero-order chi connectivity index (χ0) is 22.0. The number of hydrogen-bond acceptors (Lipinski definition) is 8. The fraction of sp³-hybridized carbons (Fsp3) is 0.348. The molecule has 1 fully saturated rings. The third kappa shape index (κ3) is 2.56. The van der Waals surface area contributed by atoms with Crippen molar-refractivity contribution in [2.45, 2.75) is 42.8 Å². The minimum absolute atomic E-state index is 0.0204. The summed E-state index contributed by atoms with van der Waals surface area (Å²) in [6.45, 7) is -0.426. The van der Waals surface area contributed by atoms with Gasteiger partial charge in [-0.3, -0.25) is 4.57 Å². The lowest BCUT2D eigenvalue weighted by Crippen LogP contribution is -2.46. The van der Waals surface area contributed by atoms with Crippen LogP contribution in [0.5, 0.6) is 0 Å². The van der Waals surface area contributed by atoms with Crippen LogP contribution < -0.4 is 5.73 Å². The van der Waals surface area contributed by atoms with Gasteiger partial charge in [0.25, 0.3) is 0 Å². The fourth-order valence-corrected chi connectivity index (χ4v) is 5.48. The Balaban J connectivity index is 1.51. The molecule has 9 nitrogen and oxygen atoms in total. The Morgan fingerprint density at radius 1 is 1.12 bits per heavy atom. The van der Waals surface area contributed by atoms with Gasteiger partial charge in [0.15, 0.2) is 17.2 Å². The van der Waals surface area contributed by atoms with Gasteiger partial charge >= 0.3 is 0 Å². The molecule has 0 bridgehead atoms. The van der Waals surface area contributed by atoms with E-state index in [1.807, 2.05) is 6.07 Å². The van der Waals surface area contributed by atoms with E-state index in [0.717, 1.165) is 6.42 Å². The number of hydrogen-bond donors (Lipinski definition) is 4. The Morgan fingerprint density at radius 2 is 1.94 bits per heavy atom. The fourth-order valence-electron chi connectivity index (χ4n) is 5.48. The van der Waals surface area contributed by atoms with E-state index in [4.69, 9.17) is 10.5 Å². The third-order valence-electron chi connectivity index (χ3n) is 6.94. The highest BCUT2D eigenvalue weighted by atomic mass is 16.6. The Bertz CT molecular complexity index is 1340. The highest BCUT2D eigenvalue weighted by Crippen LogP contribution is 2.48. The highest BCUT2D eigenvalue weighted by molar-refractivity contribution is 5.91. The van der Waals surface area contributed by atoms with Crippen LogP contribution in [-0.4, -0.2) is 59.8 Å². The van der Waals surface area contributed by atoms with Crippen LogP contribution in [-0.2, 0) is 16.9 Å². The molecule has 0 spiro atoms. The van der Waals surface area contributed by atoms with Gasteiger partial charge in [-0.2, -0.15) is 0 Å². The van der Waals surface area contributed by atoms with Gasteiger partial charge in [-0.05, 0) is 34.2 Å². The van der Waals surface area contributed by atoms with Crippen molar-refractivity contribution in [2.75, 3.05) is 12.3 Å². The van der Waals surface area contributed by atoms with Crippen LogP contribution in [0, 0.1) is 0 Å². The number of ether oxygens (including phenoxy) is 1. The summed E-state index contributed by atoms with van der Waals surface area (Å²) >= 11 is 0. The van der Waals surface area contributed by atoms with E-state index in [2.05, 4.69) is 45.3 Å². The number of aromatic nitrogens is 4. The van der Waals surface area contributed by atoms with Gasteiger partial charge in [0.05, 0.1) is 12.9 Å². The molecule has 9 heteroatoms. The lowest BCUT2D eigenvalue weighted by Gasteiger charge is -2.36. The second-order valence-corrected chi connectivity index (χ2v) is 8.63. The van der Waals surface area contributed by atoms with Gasteiger partial charge in [-0.1, -0.05) is 36.4 Å². The highest BCUT2D eigenvalue weighted by Gasteiger charge is 2.57. The number of nitrogens with two attached hydrogens (primary N) is 1.